The van der Waals surface area contributed by atoms with Gasteiger partial charge in [0.2, 0.25) is 16.0 Å². The zero-order valence-electron chi connectivity index (χ0n) is 21.0. The second-order valence-electron chi connectivity index (χ2n) is 9.15. The Bertz CT molecular complexity index is 1400. The number of halogens is 3. The minimum absolute atomic E-state index is 0.0455. The first-order valence-electron chi connectivity index (χ1n) is 11.7. The number of hydrogen-bond acceptors (Lipinski definition) is 9. The predicted octanol–water partition coefficient (Wildman–Crippen LogP) is 3.28. The van der Waals surface area contributed by atoms with Crippen molar-refractivity contribution in [1.29, 1.82) is 0 Å². The van der Waals surface area contributed by atoms with E-state index in [0.29, 0.717) is 0 Å². The minimum atomic E-state index is -4.63. The molecule has 11 nitrogen and oxygen atoms in total. The van der Waals surface area contributed by atoms with E-state index < -0.39 is 45.8 Å². The van der Waals surface area contributed by atoms with E-state index in [-0.39, 0.29) is 41.6 Å². The van der Waals surface area contributed by atoms with E-state index in [9.17, 15) is 26.7 Å². The molecule has 2 aromatic heterocycles. The summed E-state index contributed by atoms with van der Waals surface area (Å²) in [5.41, 5.74) is -0.210. The lowest BCUT2D eigenvalue weighted by atomic mass is 10.1. The number of aromatic nitrogens is 5. The van der Waals surface area contributed by atoms with Gasteiger partial charge in [-0.2, -0.15) is 13.2 Å². The molecule has 38 heavy (non-hydrogen) atoms. The van der Waals surface area contributed by atoms with Crippen molar-refractivity contribution in [3.05, 3.63) is 47.5 Å². The molecule has 1 aliphatic rings. The molecule has 1 aromatic carbocycles. The molecular weight excluding hydrogens is 529 g/mol. The van der Waals surface area contributed by atoms with E-state index in [0.717, 1.165) is 23.8 Å². The highest BCUT2D eigenvalue weighted by Gasteiger charge is 2.38. The highest BCUT2D eigenvalue weighted by atomic mass is 32.2. The van der Waals surface area contributed by atoms with Crippen LogP contribution < -0.4 is 9.46 Å². The number of nitrogens with one attached hydrogen (secondary N) is 1. The van der Waals surface area contributed by atoms with Crippen molar-refractivity contribution in [2.24, 2.45) is 0 Å². The number of aliphatic hydroxyl groups excluding tert-OH is 1. The van der Waals surface area contributed by atoms with E-state index in [1.165, 1.54) is 11.5 Å². The Morgan fingerprint density at radius 1 is 1.21 bits per heavy atom. The number of alkyl halides is 3. The number of aliphatic hydroxyl groups is 1. The lowest BCUT2D eigenvalue weighted by Gasteiger charge is -2.26. The molecule has 0 radical (unpaired) electrons. The van der Waals surface area contributed by atoms with Crippen LogP contribution in [0.4, 0.5) is 19.1 Å². The number of anilines is 1. The third-order valence-electron chi connectivity index (χ3n) is 5.87. The van der Waals surface area contributed by atoms with Crippen LogP contribution in [0, 0.1) is 6.92 Å². The fourth-order valence-electron chi connectivity index (χ4n) is 3.90. The van der Waals surface area contributed by atoms with Crippen LogP contribution in [0.25, 0.3) is 11.4 Å². The maximum atomic E-state index is 13.5. The fraction of sp³-hybridized carbons (Fsp3) is 0.478. The van der Waals surface area contributed by atoms with Gasteiger partial charge >= 0.3 is 6.18 Å². The van der Waals surface area contributed by atoms with Crippen LogP contribution in [-0.4, -0.2) is 62.8 Å². The van der Waals surface area contributed by atoms with Gasteiger partial charge in [0, 0.05) is 12.4 Å². The van der Waals surface area contributed by atoms with Crippen LogP contribution in [0.3, 0.4) is 0 Å². The van der Waals surface area contributed by atoms with Crippen molar-refractivity contribution in [2.45, 2.75) is 57.4 Å². The van der Waals surface area contributed by atoms with Crippen molar-refractivity contribution < 1.29 is 36.2 Å². The number of aryl methyl sites for hydroxylation is 1. The van der Waals surface area contributed by atoms with Crippen molar-refractivity contribution in [3.63, 3.8) is 0 Å². The van der Waals surface area contributed by atoms with Crippen molar-refractivity contribution in [3.8, 4) is 17.1 Å². The molecule has 0 aliphatic carbocycles. The second kappa shape index (κ2) is 10.5. The largest absolute Gasteiger partial charge is 0.491 e. The number of sulfonamides is 1. The number of rotatable bonds is 8. The summed E-state index contributed by atoms with van der Waals surface area (Å²) in [7, 11) is -4.25. The van der Waals surface area contributed by atoms with Gasteiger partial charge in [0.1, 0.15) is 23.7 Å². The van der Waals surface area contributed by atoms with Gasteiger partial charge in [-0.05, 0) is 51.5 Å². The highest BCUT2D eigenvalue weighted by molar-refractivity contribution is 7.93. The molecule has 0 spiro atoms. The molecule has 15 heteroatoms. The Labute approximate surface area is 217 Å². The van der Waals surface area contributed by atoms with Gasteiger partial charge < -0.3 is 14.6 Å². The summed E-state index contributed by atoms with van der Waals surface area (Å²) in [6.07, 6.45) is -2.95. The first-order chi connectivity index (χ1) is 17.8. The van der Waals surface area contributed by atoms with Gasteiger partial charge in [-0.1, -0.05) is 0 Å². The quantitative estimate of drug-likeness (QED) is 0.428. The molecule has 0 amide bonds. The van der Waals surface area contributed by atoms with E-state index in [4.69, 9.17) is 9.47 Å². The summed E-state index contributed by atoms with van der Waals surface area (Å²) in [5, 5.41) is 16.6. The Hall–Kier alpha value is -3.30. The number of benzene rings is 1. The van der Waals surface area contributed by atoms with Crippen LogP contribution in [0.15, 0.2) is 30.6 Å². The number of nitrogens with zero attached hydrogens (tertiary/aromatic N) is 5. The number of fused-ring (bicyclic) bond motifs is 3. The standard InChI is InChI=1S/C23H27F3N6O5S/c1-12(2)37-19(20-27-8-13(3)9-28-20)14(4)38(34,35)31-22-30-29-21-17-7-15(23(24,25)26)5-6-18(17)36-11-16(10-33)32(21)22/h5-9,12,14,16,19,33H,10-11H2,1-4H3,(H,30,31)/t14?,16-,19?/m1/s1. The topological polar surface area (TPSA) is 141 Å². The zero-order valence-corrected chi connectivity index (χ0v) is 21.8. The van der Waals surface area contributed by atoms with E-state index in [1.807, 2.05) is 0 Å². The summed E-state index contributed by atoms with van der Waals surface area (Å²) in [4.78, 5) is 8.44. The lowest BCUT2D eigenvalue weighted by Crippen LogP contribution is -2.35. The summed E-state index contributed by atoms with van der Waals surface area (Å²) in [5.74, 6) is -0.137. The van der Waals surface area contributed by atoms with Gasteiger partial charge in [-0.3, -0.25) is 9.29 Å². The van der Waals surface area contributed by atoms with Crippen LogP contribution in [-0.2, 0) is 20.9 Å². The van der Waals surface area contributed by atoms with Crippen LogP contribution >= 0.6 is 0 Å². The maximum Gasteiger partial charge on any atom is 0.416 e. The fourth-order valence-corrected chi connectivity index (χ4v) is 4.99. The molecular formula is C23H27F3N6O5S. The first-order valence-corrected chi connectivity index (χ1v) is 13.2. The van der Waals surface area contributed by atoms with Gasteiger partial charge in [0.15, 0.2) is 11.6 Å². The summed E-state index contributed by atoms with van der Waals surface area (Å²) in [6.45, 7) is 6.00. The Morgan fingerprint density at radius 3 is 2.50 bits per heavy atom. The van der Waals surface area contributed by atoms with Gasteiger partial charge in [-0.25, -0.2) is 18.4 Å². The molecule has 2 N–H and O–H groups in total. The summed E-state index contributed by atoms with van der Waals surface area (Å²) >= 11 is 0. The van der Waals surface area contributed by atoms with Crippen molar-refractivity contribution in [1.82, 2.24) is 24.7 Å². The molecule has 0 bridgehead atoms. The Kier molecular flexibility index (Phi) is 7.63. The van der Waals surface area contributed by atoms with Crippen LogP contribution in [0.1, 0.15) is 49.9 Å². The molecule has 2 unspecified atom stereocenters. The van der Waals surface area contributed by atoms with Crippen molar-refractivity contribution >= 4 is 16.0 Å². The normalized spacial score (nSPS) is 17.2. The predicted molar refractivity (Wildman–Crippen MR) is 130 cm³/mol. The van der Waals surface area contributed by atoms with Crippen LogP contribution in [0.2, 0.25) is 0 Å². The molecule has 3 heterocycles. The maximum absolute atomic E-state index is 13.5. The van der Waals surface area contributed by atoms with Gasteiger partial charge in [0.25, 0.3) is 0 Å². The van der Waals surface area contributed by atoms with E-state index in [1.54, 1.807) is 33.2 Å². The average Bonchev–Trinajstić information content (AvgIpc) is 3.17. The molecule has 3 aromatic rings. The SMILES string of the molecule is Cc1cnc(C(OC(C)C)C(C)S(=O)(=O)Nc2nnc3n2[C@H](CO)COc2ccc(C(F)(F)F)cc2-3)nc1. The molecule has 0 fully saturated rings. The number of hydrogen-bond donors (Lipinski definition) is 2. The zero-order chi connectivity index (χ0) is 27.8. The summed E-state index contributed by atoms with van der Waals surface area (Å²) in [6, 6.07) is 1.97. The molecule has 1 aliphatic heterocycles. The first kappa shape index (κ1) is 27.7. The Morgan fingerprint density at radius 2 is 1.89 bits per heavy atom. The van der Waals surface area contributed by atoms with Crippen LogP contribution in [0.5, 0.6) is 5.75 Å². The van der Waals surface area contributed by atoms with Crippen molar-refractivity contribution in [2.75, 3.05) is 17.9 Å². The van der Waals surface area contributed by atoms with E-state index >= 15 is 0 Å². The molecule has 0 saturated heterocycles. The molecule has 206 valence electrons. The Balaban J connectivity index is 1.73. The summed E-state index contributed by atoms with van der Waals surface area (Å²) < 4.78 is 82.2. The average molecular weight is 557 g/mol. The molecule has 3 atom stereocenters. The van der Waals surface area contributed by atoms with Gasteiger partial charge in [-0.15, -0.1) is 10.2 Å². The van der Waals surface area contributed by atoms with Gasteiger partial charge in [0.05, 0.1) is 29.9 Å². The van der Waals surface area contributed by atoms with E-state index in [2.05, 4.69) is 24.9 Å². The number of ether oxygens (including phenoxy) is 2. The highest BCUT2D eigenvalue weighted by Crippen LogP contribution is 2.40. The smallest absolute Gasteiger partial charge is 0.416 e. The third kappa shape index (κ3) is 5.59. The molecule has 0 saturated carbocycles. The lowest BCUT2D eigenvalue weighted by molar-refractivity contribution is -0.137. The monoisotopic (exact) mass is 556 g/mol. The second-order valence-corrected chi connectivity index (χ2v) is 11.2. The minimum Gasteiger partial charge on any atom is -0.491 e. The third-order valence-corrected chi connectivity index (χ3v) is 7.57. The molecule has 4 rings (SSSR count).